The average molecular weight is 310 g/mol. The quantitative estimate of drug-likeness (QED) is 0.450. The van der Waals surface area contributed by atoms with Crippen LogP contribution in [0.3, 0.4) is 0 Å². The van der Waals surface area contributed by atoms with E-state index in [1.807, 2.05) is 0 Å². The molecular formula is CH10Ni3O7. The molecule has 0 rings (SSSR count). The standard InChI is InChI=1S/CH2O3.3Ni.4H2O/c2-1(3)4;;;;;;;/h(H2,2,3,4);;;;4*1H2. The summed E-state index contributed by atoms with van der Waals surface area (Å²) >= 11 is 0. The van der Waals surface area contributed by atoms with E-state index < -0.39 is 6.16 Å². The minimum Gasteiger partial charge on any atom is -0.450 e. The predicted octanol–water partition coefficient (Wildman–Crippen LogP) is -3.08. The predicted molar refractivity (Wildman–Crippen MR) is 25.1 cm³/mol. The van der Waals surface area contributed by atoms with Gasteiger partial charge in [-0.2, -0.15) is 0 Å². The summed E-state index contributed by atoms with van der Waals surface area (Å²) in [5.41, 5.74) is 0. The molecule has 10 heteroatoms. The molecule has 11 heavy (non-hydrogen) atoms. The largest absolute Gasteiger partial charge is 0.503 e. The molecule has 0 aromatic carbocycles. The Morgan fingerprint density at radius 3 is 0.727 bits per heavy atom. The number of carboxylic acid groups (broad SMARTS) is 2. The minimum atomic E-state index is -1.83. The van der Waals surface area contributed by atoms with Crippen LogP contribution in [-0.4, -0.2) is 38.3 Å². The van der Waals surface area contributed by atoms with Gasteiger partial charge in [0.05, 0.1) is 0 Å². The summed E-state index contributed by atoms with van der Waals surface area (Å²) in [6.45, 7) is 0. The summed E-state index contributed by atoms with van der Waals surface area (Å²) in [5.74, 6) is 0. The van der Waals surface area contributed by atoms with Crippen molar-refractivity contribution in [2.75, 3.05) is 0 Å². The van der Waals surface area contributed by atoms with Gasteiger partial charge in [-0.25, -0.2) is 4.79 Å². The zero-order chi connectivity index (χ0) is 3.58. The number of hydrogen-bond donors (Lipinski definition) is 2. The average Bonchev–Trinajstić information content (AvgIpc) is 0.811. The maximum Gasteiger partial charge on any atom is 0.503 e. The minimum absolute atomic E-state index is 0. The van der Waals surface area contributed by atoms with Gasteiger partial charge in [0.2, 0.25) is 0 Å². The van der Waals surface area contributed by atoms with E-state index in [2.05, 4.69) is 0 Å². The van der Waals surface area contributed by atoms with E-state index in [0.29, 0.717) is 0 Å². The van der Waals surface area contributed by atoms with Crippen LogP contribution in [0.25, 0.3) is 0 Å². The second-order valence-corrected chi connectivity index (χ2v) is 0.283. The van der Waals surface area contributed by atoms with Crippen LogP contribution in [0, 0.1) is 0 Å². The van der Waals surface area contributed by atoms with Gasteiger partial charge in [0.1, 0.15) is 0 Å². The first-order valence-corrected chi connectivity index (χ1v) is 0.651. The van der Waals surface area contributed by atoms with E-state index in [1.165, 1.54) is 0 Å². The Balaban J connectivity index is -0.00000000214. The molecule has 0 saturated carbocycles. The molecule has 0 amide bonds. The molecule has 86 valence electrons. The van der Waals surface area contributed by atoms with Crippen molar-refractivity contribution in [3.8, 4) is 0 Å². The van der Waals surface area contributed by atoms with Crippen LogP contribution in [0.1, 0.15) is 0 Å². The van der Waals surface area contributed by atoms with Crippen molar-refractivity contribution in [3.05, 3.63) is 0 Å². The number of rotatable bonds is 0. The molecule has 0 heterocycles. The van der Waals surface area contributed by atoms with Crippen molar-refractivity contribution in [1.29, 1.82) is 0 Å². The maximum absolute atomic E-state index is 8.56. The zero-order valence-electron chi connectivity index (χ0n) is 4.75. The van der Waals surface area contributed by atoms with E-state index in [-0.39, 0.29) is 71.4 Å². The molecule has 0 aromatic rings. The van der Waals surface area contributed by atoms with Gasteiger partial charge >= 0.3 is 6.16 Å². The van der Waals surface area contributed by atoms with Crippen LogP contribution in [-0.2, 0) is 49.5 Å². The molecule has 0 radical (unpaired) electrons. The Morgan fingerprint density at radius 1 is 0.727 bits per heavy atom. The van der Waals surface area contributed by atoms with Gasteiger partial charge in [-0.05, 0) is 0 Å². The van der Waals surface area contributed by atoms with E-state index in [0.717, 1.165) is 0 Å². The third kappa shape index (κ3) is 2240. The van der Waals surface area contributed by atoms with E-state index >= 15 is 0 Å². The number of carbonyl (C=O) groups is 1. The number of hydrogen-bond acceptors (Lipinski definition) is 1. The second kappa shape index (κ2) is 75.6. The van der Waals surface area contributed by atoms with Gasteiger partial charge in [-0.15, -0.1) is 0 Å². The summed E-state index contributed by atoms with van der Waals surface area (Å²) in [7, 11) is 0. The first-order chi connectivity index (χ1) is 1.73. The summed E-state index contributed by atoms with van der Waals surface area (Å²) in [4.78, 5) is 8.56. The summed E-state index contributed by atoms with van der Waals surface area (Å²) in [5, 5.41) is 13.9. The monoisotopic (exact) mass is 308 g/mol. The van der Waals surface area contributed by atoms with Gasteiger partial charge in [0, 0.05) is 49.5 Å². The van der Waals surface area contributed by atoms with Crippen LogP contribution in [0.2, 0.25) is 0 Å². The van der Waals surface area contributed by atoms with Crippen molar-refractivity contribution in [2.24, 2.45) is 0 Å². The Bertz CT molecular complexity index is 36.7. The van der Waals surface area contributed by atoms with Gasteiger partial charge in [-0.3, -0.25) is 0 Å². The van der Waals surface area contributed by atoms with E-state index in [9.17, 15) is 0 Å². The summed E-state index contributed by atoms with van der Waals surface area (Å²) in [6.07, 6.45) is -1.83. The zero-order valence-corrected chi connectivity index (χ0v) is 7.71. The molecular weight excluding hydrogens is 300 g/mol. The van der Waals surface area contributed by atoms with Crippen LogP contribution in [0.5, 0.6) is 0 Å². The molecule has 0 aliphatic heterocycles. The van der Waals surface area contributed by atoms with E-state index in [4.69, 9.17) is 15.0 Å². The Morgan fingerprint density at radius 2 is 0.727 bits per heavy atom. The van der Waals surface area contributed by atoms with Crippen LogP contribution >= 0.6 is 0 Å². The molecule has 10 N–H and O–H groups in total. The third-order valence-electron chi connectivity index (χ3n) is 0. The van der Waals surface area contributed by atoms with Crippen molar-refractivity contribution in [3.63, 3.8) is 0 Å². The third-order valence-corrected chi connectivity index (χ3v) is 0. The molecule has 0 aliphatic rings. The van der Waals surface area contributed by atoms with Gasteiger partial charge in [0.15, 0.2) is 0 Å². The molecule has 7 nitrogen and oxygen atoms in total. The fourth-order valence-corrected chi connectivity index (χ4v) is 0. The molecule has 0 bridgehead atoms. The second-order valence-electron chi connectivity index (χ2n) is 0.283. The maximum atomic E-state index is 8.56. The van der Waals surface area contributed by atoms with E-state index in [1.54, 1.807) is 0 Å². The van der Waals surface area contributed by atoms with Crippen LogP contribution < -0.4 is 0 Å². The van der Waals surface area contributed by atoms with Gasteiger partial charge in [-0.1, -0.05) is 0 Å². The van der Waals surface area contributed by atoms with Crippen LogP contribution in [0.4, 0.5) is 4.79 Å². The SMILES string of the molecule is O.O.O.O.O=C(O)O.[Ni].[Ni].[Ni]. The summed E-state index contributed by atoms with van der Waals surface area (Å²) in [6, 6.07) is 0. The van der Waals surface area contributed by atoms with Gasteiger partial charge < -0.3 is 32.1 Å². The normalized spacial score (nSPS) is 2.18. The smallest absolute Gasteiger partial charge is 0.450 e. The Labute approximate surface area is 92.6 Å². The van der Waals surface area contributed by atoms with Gasteiger partial charge in [0.25, 0.3) is 0 Å². The molecule has 0 aliphatic carbocycles. The molecule has 0 saturated heterocycles. The molecule has 0 atom stereocenters. The van der Waals surface area contributed by atoms with Crippen molar-refractivity contribution in [2.45, 2.75) is 0 Å². The fourth-order valence-electron chi connectivity index (χ4n) is 0. The summed E-state index contributed by atoms with van der Waals surface area (Å²) < 4.78 is 0. The topological polar surface area (TPSA) is 184 Å². The van der Waals surface area contributed by atoms with Crippen molar-refractivity contribution in [1.82, 2.24) is 0 Å². The first kappa shape index (κ1) is 101. The Kier molecular flexibility index (Phi) is 693. The molecule has 0 aromatic heterocycles. The van der Waals surface area contributed by atoms with Crippen molar-refractivity contribution < 1.29 is 86.4 Å². The molecule has 0 spiro atoms. The fraction of sp³-hybridized carbons (Fsp3) is 0. The van der Waals surface area contributed by atoms with Crippen molar-refractivity contribution >= 4 is 6.16 Å². The molecule has 0 unspecified atom stereocenters. The van der Waals surface area contributed by atoms with Crippen LogP contribution in [0.15, 0.2) is 0 Å². The Hall–Kier alpha value is 0.591. The first-order valence-electron chi connectivity index (χ1n) is 0.651. The molecule has 0 fully saturated rings.